The van der Waals surface area contributed by atoms with Gasteiger partial charge < -0.3 is 19.9 Å². The van der Waals surface area contributed by atoms with Gasteiger partial charge in [0.2, 0.25) is 12.0 Å². The molecule has 0 aromatic heterocycles. The Balaban J connectivity index is 1.71. The maximum absolute atomic E-state index is 13.4. The molecule has 0 radical (unpaired) electrons. The smallest absolute Gasteiger partial charge is 0.346 e. The van der Waals surface area contributed by atoms with Crippen molar-refractivity contribution in [3.8, 4) is 11.5 Å². The molecule has 2 aromatic rings. The van der Waals surface area contributed by atoms with Crippen LogP contribution >= 0.6 is 0 Å². The molecule has 2 aromatic carbocycles. The minimum atomic E-state index is -1.31. The molecule has 0 heterocycles. The molecule has 6 nitrogen and oxygen atoms in total. The van der Waals surface area contributed by atoms with Crippen LogP contribution in [0.25, 0.3) is 0 Å². The number of benzene rings is 2. The molecule has 1 unspecified atom stereocenters. The van der Waals surface area contributed by atoms with Gasteiger partial charge in [0.05, 0.1) is 13.2 Å². The van der Waals surface area contributed by atoms with Crippen LogP contribution in [-0.2, 0) is 9.59 Å². The number of carboxylic acids is 1. The largest absolute Gasteiger partial charge is 0.491 e. The first-order valence-corrected chi connectivity index (χ1v) is 8.25. The van der Waals surface area contributed by atoms with E-state index in [1.807, 2.05) is 0 Å². The van der Waals surface area contributed by atoms with Gasteiger partial charge in [0.25, 0.3) is 0 Å². The number of nitrogens with one attached hydrogen (secondary N) is 1. The van der Waals surface area contributed by atoms with E-state index in [-0.39, 0.29) is 37.0 Å². The van der Waals surface area contributed by atoms with Gasteiger partial charge in [-0.15, -0.1) is 0 Å². The van der Waals surface area contributed by atoms with Crippen LogP contribution in [0.3, 0.4) is 0 Å². The average molecular weight is 379 g/mol. The summed E-state index contributed by atoms with van der Waals surface area (Å²) in [5, 5.41) is 11.6. The molecular formula is C19H19F2NO5. The Morgan fingerprint density at radius 2 is 1.78 bits per heavy atom. The Morgan fingerprint density at radius 1 is 1.07 bits per heavy atom. The first-order chi connectivity index (χ1) is 13.0. The fraction of sp³-hybridized carbons (Fsp3) is 0.263. The summed E-state index contributed by atoms with van der Waals surface area (Å²) in [6.45, 7) is -0.109. The molecule has 0 aliphatic rings. The highest BCUT2D eigenvalue weighted by Gasteiger charge is 2.20. The van der Waals surface area contributed by atoms with Gasteiger partial charge >= 0.3 is 5.97 Å². The van der Waals surface area contributed by atoms with Crippen LogP contribution in [0.5, 0.6) is 11.5 Å². The van der Waals surface area contributed by atoms with Crippen LogP contribution in [0.4, 0.5) is 8.78 Å². The summed E-state index contributed by atoms with van der Waals surface area (Å²) < 4.78 is 36.7. The summed E-state index contributed by atoms with van der Waals surface area (Å²) >= 11 is 0. The lowest BCUT2D eigenvalue weighted by atomic mass is 10.2. The molecule has 0 saturated carbocycles. The van der Waals surface area contributed by atoms with E-state index < -0.39 is 23.7 Å². The van der Waals surface area contributed by atoms with Crippen LogP contribution in [0, 0.1) is 11.6 Å². The lowest BCUT2D eigenvalue weighted by Crippen LogP contribution is -2.40. The fourth-order valence-electron chi connectivity index (χ4n) is 2.13. The fourth-order valence-corrected chi connectivity index (χ4v) is 2.13. The van der Waals surface area contributed by atoms with Crippen LogP contribution in [0.15, 0.2) is 48.5 Å². The van der Waals surface area contributed by atoms with Crippen molar-refractivity contribution in [2.75, 3.05) is 13.2 Å². The number of hydrogen-bond acceptors (Lipinski definition) is 4. The topological polar surface area (TPSA) is 84.9 Å². The van der Waals surface area contributed by atoms with Crippen LogP contribution in [0.2, 0.25) is 0 Å². The Hall–Kier alpha value is -3.16. The minimum Gasteiger partial charge on any atom is -0.491 e. The van der Waals surface area contributed by atoms with Gasteiger partial charge in [0.1, 0.15) is 11.6 Å². The van der Waals surface area contributed by atoms with Gasteiger partial charge in [-0.25, -0.2) is 13.6 Å². The van der Waals surface area contributed by atoms with E-state index >= 15 is 0 Å². The van der Waals surface area contributed by atoms with E-state index in [0.29, 0.717) is 6.42 Å². The molecule has 0 aliphatic heterocycles. The van der Waals surface area contributed by atoms with Crippen molar-refractivity contribution < 1.29 is 33.0 Å². The third kappa shape index (κ3) is 6.93. The van der Waals surface area contributed by atoms with Crippen LogP contribution in [0.1, 0.15) is 12.8 Å². The predicted molar refractivity (Wildman–Crippen MR) is 92.6 cm³/mol. The van der Waals surface area contributed by atoms with Gasteiger partial charge in [-0.3, -0.25) is 4.79 Å². The second-order valence-corrected chi connectivity index (χ2v) is 5.59. The van der Waals surface area contributed by atoms with E-state index in [1.165, 1.54) is 24.3 Å². The van der Waals surface area contributed by atoms with Crippen molar-refractivity contribution in [1.29, 1.82) is 0 Å². The Kier molecular flexibility index (Phi) is 7.54. The van der Waals surface area contributed by atoms with Gasteiger partial charge in [-0.1, -0.05) is 12.1 Å². The van der Waals surface area contributed by atoms with E-state index in [4.69, 9.17) is 14.6 Å². The zero-order valence-electron chi connectivity index (χ0n) is 14.4. The predicted octanol–water partition coefficient (Wildman–Crippen LogP) is 2.77. The third-order valence-electron chi connectivity index (χ3n) is 3.49. The summed E-state index contributed by atoms with van der Waals surface area (Å²) in [6.07, 6.45) is -0.900. The Labute approximate surface area is 154 Å². The summed E-state index contributed by atoms with van der Waals surface area (Å²) in [7, 11) is 0. The molecule has 2 rings (SSSR count). The van der Waals surface area contributed by atoms with E-state index in [2.05, 4.69) is 5.32 Å². The zero-order chi connectivity index (χ0) is 19.6. The summed E-state index contributed by atoms with van der Waals surface area (Å²) in [5.74, 6) is -2.32. The molecule has 0 bridgehead atoms. The van der Waals surface area contributed by atoms with Gasteiger partial charge in [-0.05, 0) is 42.8 Å². The number of para-hydroxylation sites is 1. The van der Waals surface area contributed by atoms with E-state index in [0.717, 1.165) is 12.1 Å². The van der Waals surface area contributed by atoms with Gasteiger partial charge in [-0.2, -0.15) is 0 Å². The molecule has 0 saturated heterocycles. The van der Waals surface area contributed by atoms with Crippen LogP contribution < -0.4 is 14.8 Å². The third-order valence-corrected chi connectivity index (χ3v) is 3.49. The van der Waals surface area contributed by atoms with Crippen molar-refractivity contribution >= 4 is 11.9 Å². The maximum Gasteiger partial charge on any atom is 0.346 e. The summed E-state index contributed by atoms with van der Waals surface area (Å²) in [4.78, 5) is 23.0. The number of carboxylic acid groups (broad SMARTS) is 1. The Bertz CT molecular complexity index is 767. The number of carbonyl (C=O) groups excluding carboxylic acids is 1. The number of ether oxygens (including phenoxy) is 2. The van der Waals surface area contributed by atoms with E-state index in [1.54, 1.807) is 12.1 Å². The highest BCUT2D eigenvalue weighted by Crippen LogP contribution is 2.15. The highest BCUT2D eigenvalue weighted by atomic mass is 19.1. The quantitative estimate of drug-likeness (QED) is 0.620. The molecule has 0 spiro atoms. The van der Waals surface area contributed by atoms with Crippen LogP contribution in [-0.4, -0.2) is 36.2 Å². The van der Waals surface area contributed by atoms with Crippen molar-refractivity contribution in [2.24, 2.45) is 0 Å². The molecule has 1 atom stereocenters. The number of hydrogen-bond donors (Lipinski definition) is 2. The standard InChI is InChI=1S/C19H19F2NO5/c20-13-7-9-14(10-8-13)27-17(19(24)25)12-22-18(23)6-3-11-26-16-5-2-1-4-15(16)21/h1-2,4-5,7-10,17H,3,6,11-12H2,(H,22,23)(H,24,25). The van der Waals surface area contributed by atoms with E-state index in [9.17, 15) is 18.4 Å². The second-order valence-electron chi connectivity index (χ2n) is 5.59. The minimum absolute atomic E-state index is 0.0807. The number of carbonyl (C=O) groups is 2. The molecular weight excluding hydrogens is 360 g/mol. The van der Waals surface area contributed by atoms with Gasteiger partial charge in [0, 0.05) is 6.42 Å². The number of rotatable bonds is 10. The van der Waals surface area contributed by atoms with Gasteiger partial charge in [0.15, 0.2) is 11.6 Å². The van der Waals surface area contributed by atoms with Crippen molar-refractivity contribution in [1.82, 2.24) is 5.32 Å². The number of aliphatic carboxylic acids is 1. The Morgan fingerprint density at radius 3 is 2.44 bits per heavy atom. The average Bonchev–Trinajstić information content (AvgIpc) is 2.65. The molecule has 144 valence electrons. The maximum atomic E-state index is 13.4. The molecule has 1 amide bonds. The monoisotopic (exact) mass is 379 g/mol. The number of amides is 1. The molecule has 2 N–H and O–H groups in total. The first kappa shape index (κ1) is 20.2. The summed E-state index contributed by atoms with van der Waals surface area (Å²) in [5.41, 5.74) is 0. The summed E-state index contributed by atoms with van der Waals surface area (Å²) in [6, 6.07) is 10.8. The molecule has 0 fully saturated rings. The number of halogens is 2. The first-order valence-electron chi connectivity index (χ1n) is 8.25. The lowest BCUT2D eigenvalue weighted by Gasteiger charge is -2.16. The molecule has 27 heavy (non-hydrogen) atoms. The second kappa shape index (κ2) is 10.1. The zero-order valence-corrected chi connectivity index (χ0v) is 14.4. The SMILES string of the molecule is O=C(CCCOc1ccccc1F)NCC(Oc1ccc(F)cc1)C(=O)O. The lowest BCUT2D eigenvalue weighted by molar-refractivity contribution is -0.145. The molecule has 8 heteroatoms. The highest BCUT2D eigenvalue weighted by molar-refractivity contribution is 5.78. The van der Waals surface area contributed by atoms with Crippen molar-refractivity contribution in [3.05, 3.63) is 60.2 Å². The van der Waals surface area contributed by atoms with Crippen molar-refractivity contribution in [3.63, 3.8) is 0 Å². The van der Waals surface area contributed by atoms with Crippen molar-refractivity contribution in [2.45, 2.75) is 18.9 Å². The normalized spacial score (nSPS) is 11.5. The molecule has 0 aliphatic carbocycles.